The summed E-state index contributed by atoms with van der Waals surface area (Å²) in [5.41, 5.74) is 2.17. The van der Waals surface area contributed by atoms with E-state index in [1.54, 1.807) is 7.11 Å². The molecule has 1 aromatic heterocycles. The van der Waals surface area contributed by atoms with Gasteiger partial charge in [-0.05, 0) is 56.5 Å². The van der Waals surface area contributed by atoms with Crippen molar-refractivity contribution in [1.82, 2.24) is 20.4 Å². The number of hydrogen-bond donors (Lipinski definition) is 1. The van der Waals surface area contributed by atoms with Gasteiger partial charge in [-0.25, -0.2) is 0 Å². The number of carbonyl (C=O) groups is 1. The number of nitrogens with zero attached hydrogens (tertiary/aromatic N) is 3. The quantitative estimate of drug-likeness (QED) is 0.517. The zero-order chi connectivity index (χ0) is 22.2. The molecule has 32 heavy (non-hydrogen) atoms. The van der Waals surface area contributed by atoms with Crippen molar-refractivity contribution in [3.8, 4) is 17.1 Å². The summed E-state index contributed by atoms with van der Waals surface area (Å²) < 4.78 is 10.7. The van der Waals surface area contributed by atoms with Gasteiger partial charge in [-0.3, -0.25) is 9.69 Å². The number of piperidine rings is 1. The molecule has 2 aromatic carbocycles. The van der Waals surface area contributed by atoms with Gasteiger partial charge in [0.2, 0.25) is 17.6 Å². The van der Waals surface area contributed by atoms with E-state index < -0.39 is 0 Å². The average Bonchev–Trinajstić information content (AvgIpc) is 3.31. The minimum Gasteiger partial charge on any atom is -0.497 e. The van der Waals surface area contributed by atoms with Gasteiger partial charge in [0.1, 0.15) is 5.75 Å². The maximum absolute atomic E-state index is 12.5. The third kappa shape index (κ3) is 5.95. The maximum Gasteiger partial charge on any atom is 0.241 e. The molecule has 1 aliphatic heterocycles. The van der Waals surface area contributed by atoms with Crippen molar-refractivity contribution >= 4 is 5.91 Å². The maximum atomic E-state index is 12.5. The minimum absolute atomic E-state index is 0.0747. The van der Waals surface area contributed by atoms with Crippen LogP contribution >= 0.6 is 0 Å². The lowest BCUT2D eigenvalue weighted by Gasteiger charge is -2.30. The SMILES string of the molecule is COc1cccc(CCCNC(=O)C2CCN(Cc3nc(-c4ccccc4)no3)CC2)c1. The third-order valence-corrected chi connectivity index (χ3v) is 5.89. The Bertz CT molecular complexity index is 997. The Hall–Kier alpha value is -3.19. The molecular weight excluding hydrogens is 404 g/mol. The summed E-state index contributed by atoms with van der Waals surface area (Å²) in [5.74, 6) is 2.34. The normalized spacial score (nSPS) is 14.9. The van der Waals surface area contributed by atoms with Gasteiger partial charge in [-0.1, -0.05) is 47.6 Å². The fraction of sp³-hybridized carbons (Fsp3) is 0.400. The highest BCUT2D eigenvalue weighted by Gasteiger charge is 2.25. The number of hydrogen-bond acceptors (Lipinski definition) is 6. The monoisotopic (exact) mass is 434 g/mol. The standard InChI is InChI=1S/C25H30N4O3/c1-31-22-11-5-7-19(17-22)8-6-14-26-25(30)21-12-15-29(16-13-21)18-23-27-24(28-32-23)20-9-3-2-4-10-20/h2-5,7,9-11,17,21H,6,8,12-16,18H2,1H3,(H,26,30). The molecule has 0 radical (unpaired) electrons. The molecule has 1 amide bonds. The van der Waals surface area contributed by atoms with Crippen LogP contribution in [0.5, 0.6) is 5.75 Å². The lowest BCUT2D eigenvalue weighted by Crippen LogP contribution is -2.40. The van der Waals surface area contributed by atoms with Gasteiger partial charge in [-0.2, -0.15) is 4.98 Å². The fourth-order valence-electron chi connectivity index (χ4n) is 4.04. The van der Waals surface area contributed by atoms with Gasteiger partial charge in [0, 0.05) is 18.0 Å². The van der Waals surface area contributed by atoms with Crippen molar-refractivity contribution in [1.29, 1.82) is 0 Å². The number of aryl methyl sites for hydroxylation is 1. The second-order valence-corrected chi connectivity index (χ2v) is 8.17. The number of aromatic nitrogens is 2. The number of rotatable bonds is 9. The smallest absolute Gasteiger partial charge is 0.241 e. The summed E-state index contributed by atoms with van der Waals surface area (Å²) in [7, 11) is 1.68. The van der Waals surface area contributed by atoms with E-state index in [0.717, 1.165) is 50.1 Å². The van der Waals surface area contributed by atoms with Crippen molar-refractivity contribution in [2.24, 2.45) is 5.92 Å². The summed E-state index contributed by atoms with van der Waals surface area (Å²) in [6.07, 6.45) is 3.53. The van der Waals surface area contributed by atoms with E-state index in [1.807, 2.05) is 48.5 Å². The average molecular weight is 435 g/mol. The minimum atomic E-state index is 0.0747. The first-order chi connectivity index (χ1) is 15.7. The van der Waals surface area contributed by atoms with Crippen LogP contribution in [0.25, 0.3) is 11.4 Å². The molecule has 2 heterocycles. The van der Waals surface area contributed by atoms with Gasteiger partial charge in [-0.15, -0.1) is 0 Å². The van der Waals surface area contributed by atoms with Crippen LogP contribution in [0.15, 0.2) is 59.1 Å². The second-order valence-electron chi connectivity index (χ2n) is 8.17. The molecule has 0 atom stereocenters. The summed E-state index contributed by atoms with van der Waals surface area (Å²) in [5, 5.41) is 7.19. The van der Waals surface area contributed by atoms with Crippen LogP contribution in [0.4, 0.5) is 0 Å². The van der Waals surface area contributed by atoms with Crippen molar-refractivity contribution in [2.45, 2.75) is 32.2 Å². The van der Waals surface area contributed by atoms with Gasteiger partial charge in [0.25, 0.3) is 0 Å². The lowest BCUT2D eigenvalue weighted by atomic mass is 9.96. The predicted molar refractivity (Wildman–Crippen MR) is 122 cm³/mol. The van der Waals surface area contributed by atoms with Gasteiger partial charge < -0.3 is 14.6 Å². The summed E-state index contributed by atoms with van der Waals surface area (Å²) >= 11 is 0. The van der Waals surface area contributed by atoms with Crippen LogP contribution in [-0.2, 0) is 17.8 Å². The molecule has 0 bridgehead atoms. The number of nitrogens with one attached hydrogen (secondary N) is 1. The van der Waals surface area contributed by atoms with E-state index in [2.05, 4.69) is 26.4 Å². The van der Waals surface area contributed by atoms with E-state index in [1.165, 1.54) is 5.56 Å². The second kappa shape index (κ2) is 10.9. The first-order valence-electron chi connectivity index (χ1n) is 11.2. The van der Waals surface area contributed by atoms with E-state index in [-0.39, 0.29) is 11.8 Å². The molecule has 1 aliphatic rings. The Labute approximate surface area is 188 Å². The molecule has 0 unspecified atom stereocenters. The van der Waals surface area contributed by atoms with E-state index in [4.69, 9.17) is 9.26 Å². The summed E-state index contributed by atoms with van der Waals surface area (Å²) in [4.78, 5) is 19.3. The molecule has 7 nitrogen and oxygen atoms in total. The molecule has 1 N–H and O–H groups in total. The fourth-order valence-corrected chi connectivity index (χ4v) is 4.04. The lowest BCUT2D eigenvalue weighted by molar-refractivity contribution is -0.126. The Morgan fingerprint density at radius 1 is 1.16 bits per heavy atom. The molecule has 1 fully saturated rings. The third-order valence-electron chi connectivity index (χ3n) is 5.89. The van der Waals surface area contributed by atoms with E-state index in [9.17, 15) is 4.79 Å². The van der Waals surface area contributed by atoms with Crippen molar-refractivity contribution < 1.29 is 14.1 Å². The van der Waals surface area contributed by atoms with Crippen LogP contribution in [-0.4, -0.2) is 47.7 Å². The van der Waals surface area contributed by atoms with Crippen LogP contribution in [0.3, 0.4) is 0 Å². The molecule has 0 saturated carbocycles. The number of likely N-dealkylation sites (tertiary alicyclic amines) is 1. The Morgan fingerprint density at radius 3 is 2.75 bits per heavy atom. The number of carbonyl (C=O) groups excluding carboxylic acids is 1. The highest BCUT2D eigenvalue weighted by Crippen LogP contribution is 2.21. The highest BCUT2D eigenvalue weighted by molar-refractivity contribution is 5.78. The zero-order valence-electron chi connectivity index (χ0n) is 18.5. The molecule has 0 aliphatic carbocycles. The number of ether oxygens (including phenoxy) is 1. The van der Waals surface area contributed by atoms with Crippen LogP contribution in [0.1, 0.15) is 30.7 Å². The first kappa shape index (κ1) is 22.0. The molecular formula is C25H30N4O3. The Morgan fingerprint density at radius 2 is 1.97 bits per heavy atom. The van der Waals surface area contributed by atoms with Gasteiger partial charge in [0.15, 0.2) is 0 Å². The van der Waals surface area contributed by atoms with Crippen LogP contribution in [0, 0.1) is 5.92 Å². The Balaban J connectivity index is 1.16. The Kier molecular flexibility index (Phi) is 7.51. The molecule has 168 valence electrons. The van der Waals surface area contributed by atoms with E-state index in [0.29, 0.717) is 24.8 Å². The van der Waals surface area contributed by atoms with Crippen LogP contribution < -0.4 is 10.1 Å². The largest absolute Gasteiger partial charge is 0.497 e. The summed E-state index contributed by atoms with van der Waals surface area (Å²) in [6.45, 7) is 3.02. The topological polar surface area (TPSA) is 80.5 Å². The van der Waals surface area contributed by atoms with Gasteiger partial charge in [0.05, 0.1) is 13.7 Å². The molecule has 1 saturated heterocycles. The predicted octanol–water partition coefficient (Wildman–Crippen LogP) is 3.71. The van der Waals surface area contributed by atoms with Gasteiger partial charge >= 0.3 is 0 Å². The molecule has 4 rings (SSSR count). The van der Waals surface area contributed by atoms with E-state index >= 15 is 0 Å². The van der Waals surface area contributed by atoms with Crippen LogP contribution in [0.2, 0.25) is 0 Å². The zero-order valence-corrected chi connectivity index (χ0v) is 18.5. The molecule has 7 heteroatoms. The van der Waals surface area contributed by atoms with Crippen molar-refractivity contribution in [2.75, 3.05) is 26.7 Å². The first-order valence-corrected chi connectivity index (χ1v) is 11.2. The van der Waals surface area contributed by atoms with Crippen molar-refractivity contribution in [3.63, 3.8) is 0 Å². The summed E-state index contributed by atoms with van der Waals surface area (Å²) in [6, 6.07) is 17.9. The number of methoxy groups -OCH3 is 1. The molecule has 3 aromatic rings. The van der Waals surface area contributed by atoms with Crippen molar-refractivity contribution in [3.05, 3.63) is 66.1 Å². The number of amides is 1. The highest BCUT2D eigenvalue weighted by atomic mass is 16.5. The molecule has 0 spiro atoms. The number of benzene rings is 2.